The number of rotatable bonds is 2. The summed E-state index contributed by atoms with van der Waals surface area (Å²) in [5, 5.41) is 12.6. The van der Waals surface area contributed by atoms with Crippen LogP contribution in [0.4, 0.5) is 0 Å². The molecule has 0 radical (unpaired) electrons. The van der Waals surface area contributed by atoms with E-state index in [1.807, 2.05) is 54.6 Å². The standard InChI is InChI=1S/C18H13NO2/c20-18(15-11-21-17-6-2-1-5-14(15)17)13-7-8-16-12(10-13)4-3-9-19-16/h1-11,18,20H. The summed E-state index contributed by atoms with van der Waals surface area (Å²) in [6.45, 7) is 0. The number of para-hydroxylation sites is 1. The third-order valence-electron chi connectivity index (χ3n) is 3.75. The zero-order chi connectivity index (χ0) is 14.2. The number of fused-ring (bicyclic) bond motifs is 2. The fourth-order valence-corrected chi connectivity index (χ4v) is 2.65. The molecule has 0 fully saturated rings. The lowest BCUT2D eigenvalue weighted by Gasteiger charge is -2.10. The highest BCUT2D eigenvalue weighted by Crippen LogP contribution is 2.31. The van der Waals surface area contributed by atoms with E-state index < -0.39 is 6.10 Å². The highest BCUT2D eigenvalue weighted by Gasteiger charge is 2.16. The van der Waals surface area contributed by atoms with Crippen molar-refractivity contribution in [2.75, 3.05) is 0 Å². The molecule has 3 heteroatoms. The minimum Gasteiger partial charge on any atom is -0.464 e. The van der Waals surface area contributed by atoms with Gasteiger partial charge in [0.05, 0.1) is 11.8 Å². The summed E-state index contributed by atoms with van der Waals surface area (Å²) < 4.78 is 5.51. The smallest absolute Gasteiger partial charge is 0.134 e. The third kappa shape index (κ3) is 1.99. The van der Waals surface area contributed by atoms with Gasteiger partial charge in [0.15, 0.2) is 0 Å². The zero-order valence-corrected chi connectivity index (χ0v) is 11.2. The molecule has 2 heterocycles. The van der Waals surface area contributed by atoms with Crippen LogP contribution >= 0.6 is 0 Å². The van der Waals surface area contributed by atoms with Gasteiger partial charge in [-0.3, -0.25) is 4.98 Å². The van der Waals surface area contributed by atoms with Crippen molar-refractivity contribution in [1.82, 2.24) is 4.98 Å². The van der Waals surface area contributed by atoms with Gasteiger partial charge in [0.1, 0.15) is 11.7 Å². The Morgan fingerprint density at radius 1 is 1.00 bits per heavy atom. The van der Waals surface area contributed by atoms with E-state index in [1.54, 1.807) is 12.5 Å². The predicted molar refractivity (Wildman–Crippen MR) is 82.0 cm³/mol. The summed E-state index contributed by atoms with van der Waals surface area (Å²) in [4.78, 5) is 4.29. The zero-order valence-electron chi connectivity index (χ0n) is 11.2. The van der Waals surface area contributed by atoms with Gasteiger partial charge in [0, 0.05) is 22.5 Å². The van der Waals surface area contributed by atoms with E-state index in [4.69, 9.17) is 4.42 Å². The van der Waals surface area contributed by atoms with Crippen molar-refractivity contribution in [2.45, 2.75) is 6.10 Å². The van der Waals surface area contributed by atoms with Gasteiger partial charge in [-0.05, 0) is 29.8 Å². The van der Waals surface area contributed by atoms with Gasteiger partial charge in [0.2, 0.25) is 0 Å². The Balaban J connectivity index is 1.83. The highest BCUT2D eigenvalue weighted by atomic mass is 16.3. The van der Waals surface area contributed by atoms with E-state index in [-0.39, 0.29) is 0 Å². The molecule has 0 saturated heterocycles. The molecule has 1 atom stereocenters. The summed E-state index contributed by atoms with van der Waals surface area (Å²) in [6, 6.07) is 17.4. The Morgan fingerprint density at radius 2 is 1.90 bits per heavy atom. The van der Waals surface area contributed by atoms with Gasteiger partial charge in [-0.1, -0.05) is 30.3 Å². The van der Waals surface area contributed by atoms with E-state index in [2.05, 4.69) is 4.98 Å². The van der Waals surface area contributed by atoms with E-state index in [9.17, 15) is 5.11 Å². The minimum absolute atomic E-state index is 0.710. The van der Waals surface area contributed by atoms with Crippen LogP contribution in [0.1, 0.15) is 17.2 Å². The van der Waals surface area contributed by atoms with Crippen LogP contribution in [0.5, 0.6) is 0 Å². The normalized spacial score (nSPS) is 12.8. The Morgan fingerprint density at radius 3 is 2.86 bits per heavy atom. The first-order valence-corrected chi connectivity index (χ1v) is 6.82. The molecule has 2 aromatic heterocycles. The summed E-state index contributed by atoms with van der Waals surface area (Å²) in [7, 11) is 0. The Kier molecular flexibility index (Phi) is 2.72. The number of nitrogens with zero attached hydrogens (tertiary/aromatic N) is 1. The number of aliphatic hydroxyl groups excluding tert-OH is 1. The second-order valence-corrected chi connectivity index (χ2v) is 5.05. The van der Waals surface area contributed by atoms with Crippen LogP contribution in [0.2, 0.25) is 0 Å². The van der Waals surface area contributed by atoms with Crippen LogP contribution < -0.4 is 0 Å². The number of hydrogen-bond donors (Lipinski definition) is 1. The summed E-state index contributed by atoms with van der Waals surface area (Å²) in [6.07, 6.45) is 2.68. The quantitative estimate of drug-likeness (QED) is 0.600. The maximum absolute atomic E-state index is 10.7. The van der Waals surface area contributed by atoms with Gasteiger partial charge < -0.3 is 9.52 Å². The van der Waals surface area contributed by atoms with Crippen LogP contribution in [0, 0.1) is 0 Å². The average molecular weight is 275 g/mol. The molecule has 0 spiro atoms. The second-order valence-electron chi connectivity index (χ2n) is 5.05. The van der Waals surface area contributed by atoms with Gasteiger partial charge >= 0.3 is 0 Å². The molecular formula is C18H13NO2. The molecule has 1 N–H and O–H groups in total. The van der Waals surface area contributed by atoms with Crippen molar-refractivity contribution >= 4 is 21.9 Å². The van der Waals surface area contributed by atoms with E-state index >= 15 is 0 Å². The van der Waals surface area contributed by atoms with Crippen molar-refractivity contribution in [3.8, 4) is 0 Å². The predicted octanol–water partition coefficient (Wildman–Crippen LogP) is 4.06. The van der Waals surface area contributed by atoms with Gasteiger partial charge in [-0.25, -0.2) is 0 Å². The Labute approximate surface area is 121 Å². The SMILES string of the molecule is OC(c1ccc2ncccc2c1)c1coc2ccccc12. The topological polar surface area (TPSA) is 46.3 Å². The molecule has 4 aromatic rings. The monoisotopic (exact) mass is 275 g/mol. The molecule has 0 amide bonds. The largest absolute Gasteiger partial charge is 0.464 e. The van der Waals surface area contributed by atoms with Gasteiger partial charge in [-0.15, -0.1) is 0 Å². The van der Waals surface area contributed by atoms with Crippen LogP contribution in [-0.2, 0) is 0 Å². The molecule has 0 saturated carbocycles. The first-order chi connectivity index (χ1) is 10.3. The second kappa shape index (κ2) is 4.72. The van der Waals surface area contributed by atoms with Crippen molar-refractivity contribution in [3.05, 3.63) is 78.2 Å². The first kappa shape index (κ1) is 12.1. The lowest BCUT2D eigenvalue weighted by molar-refractivity contribution is 0.220. The molecule has 21 heavy (non-hydrogen) atoms. The van der Waals surface area contributed by atoms with E-state index in [0.29, 0.717) is 0 Å². The first-order valence-electron chi connectivity index (χ1n) is 6.82. The van der Waals surface area contributed by atoms with Gasteiger partial charge in [0.25, 0.3) is 0 Å². The average Bonchev–Trinajstić information content (AvgIpc) is 2.98. The van der Waals surface area contributed by atoms with Crippen molar-refractivity contribution in [2.24, 2.45) is 0 Å². The molecule has 0 aliphatic rings. The maximum Gasteiger partial charge on any atom is 0.134 e. The highest BCUT2D eigenvalue weighted by molar-refractivity contribution is 5.83. The molecule has 1 unspecified atom stereocenters. The molecule has 3 nitrogen and oxygen atoms in total. The number of aromatic nitrogens is 1. The summed E-state index contributed by atoms with van der Waals surface area (Å²) >= 11 is 0. The van der Waals surface area contributed by atoms with Crippen molar-refractivity contribution in [1.29, 1.82) is 0 Å². The molecule has 0 aliphatic heterocycles. The van der Waals surface area contributed by atoms with E-state index in [0.717, 1.165) is 33.0 Å². The summed E-state index contributed by atoms with van der Waals surface area (Å²) in [5.41, 5.74) is 3.33. The molecule has 102 valence electrons. The van der Waals surface area contributed by atoms with Crippen LogP contribution in [0.25, 0.3) is 21.9 Å². The minimum atomic E-state index is -0.710. The number of furan rings is 1. The van der Waals surface area contributed by atoms with Crippen LogP contribution in [0.3, 0.4) is 0 Å². The number of benzene rings is 2. The number of hydrogen-bond acceptors (Lipinski definition) is 3. The molecule has 0 bridgehead atoms. The lowest BCUT2D eigenvalue weighted by Crippen LogP contribution is -1.98. The van der Waals surface area contributed by atoms with E-state index in [1.165, 1.54) is 0 Å². The third-order valence-corrected chi connectivity index (χ3v) is 3.75. The molecule has 0 aliphatic carbocycles. The van der Waals surface area contributed by atoms with Crippen LogP contribution in [-0.4, -0.2) is 10.1 Å². The summed E-state index contributed by atoms with van der Waals surface area (Å²) in [5.74, 6) is 0. The molecule has 2 aromatic carbocycles. The van der Waals surface area contributed by atoms with Crippen molar-refractivity contribution in [3.63, 3.8) is 0 Å². The fraction of sp³-hybridized carbons (Fsp3) is 0.0556. The number of pyridine rings is 1. The maximum atomic E-state index is 10.7. The molecule has 4 rings (SSSR count). The lowest BCUT2D eigenvalue weighted by atomic mass is 9.99. The van der Waals surface area contributed by atoms with Crippen molar-refractivity contribution < 1.29 is 9.52 Å². The fourth-order valence-electron chi connectivity index (χ4n) is 2.65. The Bertz CT molecular complexity index is 926. The van der Waals surface area contributed by atoms with Gasteiger partial charge in [-0.2, -0.15) is 0 Å². The van der Waals surface area contributed by atoms with Crippen LogP contribution in [0.15, 0.2) is 71.5 Å². The number of aliphatic hydroxyl groups is 1. The Hall–Kier alpha value is -2.65. The molecular weight excluding hydrogens is 262 g/mol.